The SMILES string of the molecule is CC(=O)Nc1ccc(F)c(NC(=O)CN2C(=O)CSc3ccccc32)c1. The molecule has 2 aromatic carbocycles. The van der Waals surface area contributed by atoms with E-state index in [9.17, 15) is 18.8 Å². The Morgan fingerprint density at radius 2 is 1.96 bits per heavy atom. The maximum atomic E-state index is 14.0. The summed E-state index contributed by atoms with van der Waals surface area (Å²) in [7, 11) is 0. The Morgan fingerprint density at radius 3 is 2.73 bits per heavy atom. The molecule has 1 heterocycles. The van der Waals surface area contributed by atoms with Crippen molar-refractivity contribution >= 4 is 46.5 Å². The first kappa shape index (κ1) is 17.9. The van der Waals surface area contributed by atoms with Crippen LogP contribution < -0.4 is 15.5 Å². The average Bonchev–Trinajstić information content (AvgIpc) is 2.60. The minimum atomic E-state index is -0.631. The number of carbonyl (C=O) groups is 3. The highest BCUT2D eigenvalue weighted by molar-refractivity contribution is 8.00. The number of para-hydroxylation sites is 1. The first-order chi connectivity index (χ1) is 12.4. The summed E-state index contributed by atoms with van der Waals surface area (Å²) in [4.78, 5) is 38.0. The quantitative estimate of drug-likeness (QED) is 0.864. The molecule has 6 nitrogen and oxygen atoms in total. The van der Waals surface area contributed by atoms with Crippen molar-refractivity contribution in [3.63, 3.8) is 0 Å². The molecule has 1 aliphatic rings. The number of benzene rings is 2. The van der Waals surface area contributed by atoms with Crippen molar-refractivity contribution in [2.45, 2.75) is 11.8 Å². The van der Waals surface area contributed by atoms with Gasteiger partial charge in [-0.05, 0) is 30.3 Å². The first-order valence-electron chi connectivity index (χ1n) is 7.83. The number of anilines is 3. The van der Waals surface area contributed by atoms with Crippen molar-refractivity contribution in [1.82, 2.24) is 0 Å². The van der Waals surface area contributed by atoms with E-state index in [0.717, 1.165) is 11.0 Å². The molecule has 8 heteroatoms. The molecule has 0 spiro atoms. The van der Waals surface area contributed by atoms with E-state index in [1.807, 2.05) is 12.1 Å². The Hall–Kier alpha value is -2.87. The van der Waals surface area contributed by atoms with Gasteiger partial charge < -0.3 is 15.5 Å². The monoisotopic (exact) mass is 373 g/mol. The summed E-state index contributed by atoms with van der Waals surface area (Å²) in [6.07, 6.45) is 0. The Morgan fingerprint density at radius 1 is 1.19 bits per heavy atom. The van der Waals surface area contributed by atoms with Gasteiger partial charge in [0.1, 0.15) is 12.4 Å². The second-order valence-corrected chi connectivity index (χ2v) is 6.68. The number of nitrogens with zero attached hydrogens (tertiary/aromatic N) is 1. The Balaban J connectivity index is 1.75. The van der Waals surface area contributed by atoms with Crippen molar-refractivity contribution in [1.29, 1.82) is 0 Å². The predicted octanol–water partition coefficient (Wildman–Crippen LogP) is 2.86. The summed E-state index contributed by atoms with van der Waals surface area (Å²) in [6, 6.07) is 11.2. The van der Waals surface area contributed by atoms with Crippen LogP contribution in [-0.4, -0.2) is 30.0 Å². The molecule has 2 aromatic rings. The normalized spacial score (nSPS) is 13.2. The largest absolute Gasteiger partial charge is 0.326 e. The molecule has 0 aliphatic carbocycles. The molecular weight excluding hydrogens is 357 g/mol. The van der Waals surface area contributed by atoms with Crippen molar-refractivity contribution in [3.8, 4) is 0 Å². The van der Waals surface area contributed by atoms with E-state index >= 15 is 0 Å². The maximum absolute atomic E-state index is 14.0. The third kappa shape index (κ3) is 4.02. The molecule has 134 valence electrons. The zero-order valence-corrected chi connectivity index (χ0v) is 14.7. The molecule has 0 bridgehead atoms. The first-order valence-corrected chi connectivity index (χ1v) is 8.82. The Kier molecular flexibility index (Phi) is 5.22. The minimum Gasteiger partial charge on any atom is -0.326 e. The second kappa shape index (κ2) is 7.57. The van der Waals surface area contributed by atoms with Crippen molar-refractivity contribution in [2.75, 3.05) is 27.8 Å². The van der Waals surface area contributed by atoms with E-state index in [2.05, 4.69) is 10.6 Å². The number of halogens is 1. The molecule has 0 saturated carbocycles. The van der Waals surface area contributed by atoms with Crippen molar-refractivity contribution < 1.29 is 18.8 Å². The van der Waals surface area contributed by atoms with Gasteiger partial charge in [0.15, 0.2) is 0 Å². The highest BCUT2D eigenvalue weighted by atomic mass is 32.2. The van der Waals surface area contributed by atoms with E-state index < -0.39 is 11.7 Å². The molecule has 0 fully saturated rings. The Bertz CT molecular complexity index is 888. The number of thioether (sulfide) groups is 1. The summed E-state index contributed by atoms with van der Waals surface area (Å²) >= 11 is 1.42. The summed E-state index contributed by atoms with van der Waals surface area (Å²) in [5, 5.41) is 4.98. The van der Waals surface area contributed by atoms with Gasteiger partial charge in [0.25, 0.3) is 0 Å². The third-order valence-electron chi connectivity index (χ3n) is 3.67. The van der Waals surface area contributed by atoms with Crippen LogP contribution in [0.15, 0.2) is 47.4 Å². The van der Waals surface area contributed by atoms with E-state index in [-0.39, 0.29) is 29.8 Å². The van der Waals surface area contributed by atoms with Crippen LogP contribution in [0.25, 0.3) is 0 Å². The van der Waals surface area contributed by atoms with Crippen LogP contribution in [0.4, 0.5) is 21.5 Å². The van der Waals surface area contributed by atoms with E-state index in [4.69, 9.17) is 0 Å². The molecule has 3 amide bonds. The number of amides is 3. The smallest absolute Gasteiger partial charge is 0.244 e. The van der Waals surface area contributed by atoms with Gasteiger partial charge in [0, 0.05) is 17.5 Å². The molecule has 0 saturated heterocycles. The van der Waals surface area contributed by atoms with E-state index in [1.54, 1.807) is 12.1 Å². The van der Waals surface area contributed by atoms with Gasteiger partial charge in [-0.1, -0.05) is 12.1 Å². The maximum Gasteiger partial charge on any atom is 0.244 e. The summed E-state index contributed by atoms with van der Waals surface area (Å²) < 4.78 is 14.0. The lowest BCUT2D eigenvalue weighted by atomic mass is 10.2. The number of hydrogen-bond donors (Lipinski definition) is 2. The fourth-order valence-corrected chi connectivity index (χ4v) is 3.50. The highest BCUT2D eigenvalue weighted by Crippen LogP contribution is 2.34. The number of nitrogens with one attached hydrogen (secondary N) is 2. The van der Waals surface area contributed by atoms with Crippen LogP contribution in [0.2, 0.25) is 0 Å². The fourth-order valence-electron chi connectivity index (χ4n) is 2.56. The molecule has 0 atom stereocenters. The lowest BCUT2D eigenvalue weighted by molar-refractivity contribution is -0.120. The standard InChI is InChI=1S/C18H16FN3O3S/c1-11(23)20-12-6-7-13(19)14(8-12)21-17(24)9-22-15-4-2-3-5-16(15)26-10-18(22)25/h2-8H,9-10H2,1H3,(H,20,23)(H,21,24). The molecule has 0 aromatic heterocycles. The van der Waals surface area contributed by atoms with Crippen molar-refractivity contribution in [2.24, 2.45) is 0 Å². The minimum absolute atomic E-state index is 0.0617. The van der Waals surface area contributed by atoms with E-state index in [1.165, 1.54) is 35.7 Å². The van der Waals surface area contributed by atoms with Crippen molar-refractivity contribution in [3.05, 3.63) is 48.3 Å². The Labute approximate surface area is 153 Å². The van der Waals surface area contributed by atoms with Crippen LogP contribution in [0, 0.1) is 5.82 Å². The number of hydrogen-bond acceptors (Lipinski definition) is 4. The van der Waals surface area contributed by atoms with Gasteiger partial charge in [-0.2, -0.15) is 0 Å². The van der Waals surface area contributed by atoms with Gasteiger partial charge in [0.2, 0.25) is 17.7 Å². The number of rotatable bonds is 4. The summed E-state index contributed by atoms with van der Waals surface area (Å²) in [5.41, 5.74) is 0.967. The molecule has 3 rings (SSSR count). The zero-order chi connectivity index (χ0) is 18.7. The molecular formula is C18H16FN3O3S. The molecule has 2 N–H and O–H groups in total. The molecule has 0 radical (unpaired) electrons. The average molecular weight is 373 g/mol. The van der Waals surface area contributed by atoms with Gasteiger partial charge in [-0.15, -0.1) is 11.8 Å². The lowest BCUT2D eigenvalue weighted by Crippen LogP contribution is -2.41. The molecule has 0 unspecified atom stereocenters. The molecule has 1 aliphatic heterocycles. The fraction of sp³-hybridized carbons (Fsp3) is 0.167. The summed E-state index contributed by atoms with van der Waals surface area (Å²) in [5.74, 6) is -1.40. The molecule has 26 heavy (non-hydrogen) atoms. The topological polar surface area (TPSA) is 78.5 Å². The van der Waals surface area contributed by atoms with Crippen LogP contribution in [-0.2, 0) is 14.4 Å². The predicted molar refractivity (Wildman–Crippen MR) is 98.9 cm³/mol. The van der Waals surface area contributed by atoms with Crippen LogP contribution in [0.3, 0.4) is 0 Å². The van der Waals surface area contributed by atoms with Crippen LogP contribution in [0.1, 0.15) is 6.92 Å². The third-order valence-corrected chi connectivity index (χ3v) is 4.72. The van der Waals surface area contributed by atoms with Gasteiger partial charge >= 0.3 is 0 Å². The van der Waals surface area contributed by atoms with Gasteiger partial charge in [0.05, 0.1) is 17.1 Å². The number of fused-ring (bicyclic) bond motifs is 1. The van der Waals surface area contributed by atoms with Crippen LogP contribution >= 0.6 is 11.8 Å². The lowest BCUT2D eigenvalue weighted by Gasteiger charge is -2.28. The number of carbonyl (C=O) groups excluding carboxylic acids is 3. The summed E-state index contributed by atoms with van der Waals surface area (Å²) in [6.45, 7) is 1.11. The zero-order valence-electron chi connectivity index (χ0n) is 13.9. The second-order valence-electron chi connectivity index (χ2n) is 5.66. The van der Waals surface area contributed by atoms with Crippen LogP contribution in [0.5, 0.6) is 0 Å². The van der Waals surface area contributed by atoms with E-state index in [0.29, 0.717) is 11.4 Å². The van der Waals surface area contributed by atoms with Gasteiger partial charge in [-0.3, -0.25) is 14.4 Å². The highest BCUT2D eigenvalue weighted by Gasteiger charge is 2.26. The van der Waals surface area contributed by atoms with Gasteiger partial charge in [-0.25, -0.2) is 4.39 Å².